The summed E-state index contributed by atoms with van der Waals surface area (Å²) in [5.41, 5.74) is 3.47. The maximum absolute atomic E-state index is 13.5. The third-order valence-electron chi connectivity index (χ3n) is 7.82. The first kappa shape index (κ1) is 24.4. The highest BCUT2D eigenvalue weighted by Crippen LogP contribution is 2.32. The molecule has 6 rings (SSSR count). The van der Waals surface area contributed by atoms with Crippen LogP contribution in [0.1, 0.15) is 37.2 Å². The lowest BCUT2D eigenvalue weighted by Gasteiger charge is -2.32. The van der Waals surface area contributed by atoms with Crippen molar-refractivity contribution in [1.82, 2.24) is 18.9 Å². The van der Waals surface area contributed by atoms with E-state index in [1.807, 2.05) is 0 Å². The van der Waals surface area contributed by atoms with E-state index in [9.17, 15) is 14.0 Å². The number of rotatable bonds is 7. The Balaban J connectivity index is 1.17. The van der Waals surface area contributed by atoms with E-state index < -0.39 is 0 Å². The van der Waals surface area contributed by atoms with E-state index in [4.69, 9.17) is 0 Å². The zero-order valence-electron chi connectivity index (χ0n) is 21.3. The summed E-state index contributed by atoms with van der Waals surface area (Å²) >= 11 is 0. The number of aromatic amines is 1. The molecule has 38 heavy (non-hydrogen) atoms. The predicted molar refractivity (Wildman–Crippen MR) is 149 cm³/mol. The van der Waals surface area contributed by atoms with Gasteiger partial charge >= 0.3 is 5.69 Å². The van der Waals surface area contributed by atoms with Gasteiger partial charge in [0.2, 0.25) is 0 Å². The number of nitrogens with one attached hydrogen (secondary N) is 1. The Labute approximate surface area is 220 Å². The minimum Gasteiger partial charge on any atom is -0.361 e. The van der Waals surface area contributed by atoms with Crippen LogP contribution in [0.5, 0.6) is 0 Å². The summed E-state index contributed by atoms with van der Waals surface area (Å²) in [5, 5.41) is 1.31. The van der Waals surface area contributed by atoms with Gasteiger partial charge in [0, 0.05) is 36.4 Å². The molecule has 1 N–H and O–H groups in total. The number of likely N-dealkylation sites (tertiary alicyclic amines) is 1. The van der Waals surface area contributed by atoms with Crippen LogP contribution in [0, 0.1) is 5.82 Å². The lowest BCUT2D eigenvalue weighted by Crippen LogP contribution is -2.39. The average molecular weight is 511 g/mol. The van der Waals surface area contributed by atoms with Crippen LogP contribution in [-0.4, -0.2) is 38.5 Å². The number of unbranched alkanes of at least 4 members (excludes halogenated alkanes) is 1. The van der Waals surface area contributed by atoms with Gasteiger partial charge in [0.1, 0.15) is 5.82 Å². The molecule has 0 aliphatic carbocycles. The van der Waals surface area contributed by atoms with Crippen LogP contribution in [0.25, 0.3) is 27.5 Å². The van der Waals surface area contributed by atoms with E-state index >= 15 is 0 Å². The topological polar surface area (TPSA) is 62.5 Å². The van der Waals surface area contributed by atoms with Gasteiger partial charge in [-0.3, -0.25) is 13.8 Å². The predicted octanol–water partition coefficient (Wildman–Crippen LogP) is 5.41. The lowest BCUT2D eigenvalue weighted by molar-refractivity contribution is 0.204. The van der Waals surface area contributed by atoms with Gasteiger partial charge in [-0.1, -0.05) is 36.4 Å². The SMILES string of the molecule is O=c1c(-c2ccc(F)cc2)c2ccccn2c(=O)n1CCCCN1CCCC(c2c[nH]c3ccccc23)C1. The number of hydrogen-bond donors (Lipinski definition) is 1. The third kappa shape index (κ3) is 4.58. The molecule has 0 amide bonds. The van der Waals surface area contributed by atoms with E-state index in [2.05, 4.69) is 40.3 Å². The third-order valence-corrected chi connectivity index (χ3v) is 7.82. The van der Waals surface area contributed by atoms with Crippen LogP contribution in [0.2, 0.25) is 0 Å². The maximum atomic E-state index is 13.5. The van der Waals surface area contributed by atoms with Crippen LogP contribution in [0.3, 0.4) is 0 Å². The van der Waals surface area contributed by atoms with Crippen molar-refractivity contribution in [2.75, 3.05) is 19.6 Å². The number of fused-ring (bicyclic) bond motifs is 2. The van der Waals surface area contributed by atoms with Crippen LogP contribution >= 0.6 is 0 Å². The number of aromatic nitrogens is 3. The number of pyridine rings is 1. The molecule has 1 atom stereocenters. The highest BCUT2D eigenvalue weighted by Gasteiger charge is 2.23. The Morgan fingerprint density at radius 1 is 0.921 bits per heavy atom. The van der Waals surface area contributed by atoms with Crippen molar-refractivity contribution in [3.8, 4) is 11.1 Å². The maximum Gasteiger partial charge on any atom is 0.335 e. The standard InChI is InChI=1S/C31H31FN4O2/c32-24-14-12-22(13-15-24)29-28-11-3-4-18-35(28)31(38)36(30(29)37)19-6-5-16-34-17-7-8-23(21-34)26-20-33-27-10-2-1-9-25(26)27/h1-4,9-15,18,20,23,33H,5-8,16-17,19,21H2. The fraction of sp³-hybridized carbons (Fsp3) is 0.290. The molecule has 4 heterocycles. The fourth-order valence-corrected chi connectivity index (χ4v) is 5.91. The van der Waals surface area contributed by atoms with Gasteiger partial charge in [0.15, 0.2) is 0 Å². The van der Waals surface area contributed by atoms with Gasteiger partial charge in [-0.05, 0) is 86.1 Å². The Morgan fingerprint density at radius 2 is 1.71 bits per heavy atom. The molecule has 1 saturated heterocycles. The van der Waals surface area contributed by atoms with E-state index in [0.717, 1.165) is 38.9 Å². The molecule has 1 aliphatic rings. The zero-order valence-corrected chi connectivity index (χ0v) is 21.3. The molecule has 1 fully saturated rings. The van der Waals surface area contributed by atoms with Gasteiger partial charge in [0.25, 0.3) is 5.56 Å². The molecule has 1 aliphatic heterocycles. The number of nitrogens with zero attached hydrogens (tertiary/aromatic N) is 3. The lowest BCUT2D eigenvalue weighted by atomic mass is 9.90. The molecule has 0 radical (unpaired) electrons. The molecular formula is C31H31FN4O2. The summed E-state index contributed by atoms with van der Waals surface area (Å²) in [6, 6.07) is 19.7. The summed E-state index contributed by atoms with van der Waals surface area (Å²) in [5.74, 6) is 0.141. The largest absolute Gasteiger partial charge is 0.361 e. The average Bonchev–Trinajstić information content (AvgIpc) is 3.38. The Kier molecular flexibility index (Phi) is 6.68. The van der Waals surface area contributed by atoms with E-state index in [1.54, 1.807) is 36.5 Å². The number of piperidine rings is 1. The van der Waals surface area contributed by atoms with Gasteiger partial charge in [-0.25, -0.2) is 9.18 Å². The molecule has 6 nitrogen and oxygen atoms in total. The fourth-order valence-electron chi connectivity index (χ4n) is 5.91. The first-order chi connectivity index (χ1) is 18.6. The van der Waals surface area contributed by atoms with Crippen molar-refractivity contribution in [2.24, 2.45) is 0 Å². The molecular weight excluding hydrogens is 479 g/mol. The number of para-hydroxylation sites is 1. The minimum absolute atomic E-state index is 0.329. The van der Waals surface area contributed by atoms with E-state index in [1.165, 1.54) is 44.0 Å². The summed E-state index contributed by atoms with van der Waals surface area (Å²) in [4.78, 5) is 32.6. The van der Waals surface area contributed by atoms with Crippen LogP contribution in [-0.2, 0) is 6.54 Å². The highest BCUT2D eigenvalue weighted by atomic mass is 19.1. The molecule has 0 bridgehead atoms. The molecule has 2 aromatic carbocycles. The Hall–Kier alpha value is -3.97. The second-order valence-corrected chi connectivity index (χ2v) is 10.2. The summed E-state index contributed by atoms with van der Waals surface area (Å²) in [6.45, 7) is 3.39. The van der Waals surface area contributed by atoms with Crippen molar-refractivity contribution in [3.63, 3.8) is 0 Å². The van der Waals surface area contributed by atoms with Crippen LogP contribution in [0.4, 0.5) is 4.39 Å². The van der Waals surface area contributed by atoms with Crippen molar-refractivity contribution in [3.05, 3.63) is 111 Å². The second-order valence-electron chi connectivity index (χ2n) is 10.2. The van der Waals surface area contributed by atoms with Crippen molar-refractivity contribution in [1.29, 1.82) is 0 Å². The molecule has 0 saturated carbocycles. The van der Waals surface area contributed by atoms with Gasteiger partial charge in [0.05, 0.1) is 11.1 Å². The Morgan fingerprint density at radius 3 is 2.58 bits per heavy atom. The van der Waals surface area contributed by atoms with Gasteiger partial charge in [-0.2, -0.15) is 0 Å². The highest BCUT2D eigenvalue weighted by molar-refractivity contribution is 5.83. The van der Waals surface area contributed by atoms with Gasteiger partial charge in [-0.15, -0.1) is 0 Å². The van der Waals surface area contributed by atoms with Gasteiger partial charge < -0.3 is 9.88 Å². The van der Waals surface area contributed by atoms with Crippen LogP contribution in [0.15, 0.2) is 88.7 Å². The molecule has 1 unspecified atom stereocenters. The van der Waals surface area contributed by atoms with Crippen LogP contribution < -0.4 is 11.2 Å². The number of H-pyrrole nitrogens is 1. The number of halogens is 1. The van der Waals surface area contributed by atoms with Crippen molar-refractivity contribution in [2.45, 2.75) is 38.1 Å². The summed E-state index contributed by atoms with van der Waals surface area (Å²) < 4.78 is 16.4. The molecule has 194 valence electrons. The number of hydrogen-bond acceptors (Lipinski definition) is 3. The summed E-state index contributed by atoms with van der Waals surface area (Å²) in [6.07, 6.45) is 7.82. The summed E-state index contributed by atoms with van der Waals surface area (Å²) in [7, 11) is 0. The molecule has 7 heteroatoms. The quantitative estimate of drug-likeness (QED) is 0.298. The normalized spacial score (nSPS) is 16.4. The smallest absolute Gasteiger partial charge is 0.335 e. The molecule has 0 spiro atoms. The first-order valence-corrected chi connectivity index (χ1v) is 13.4. The second kappa shape index (κ2) is 10.4. The number of benzene rings is 2. The zero-order chi connectivity index (χ0) is 26.1. The van der Waals surface area contributed by atoms with Crippen molar-refractivity contribution < 1.29 is 4.39 Å². The van der Waals surface area contributed by atoms with E-state index in [-0.39, 0.29) is 17.1 Å². The molecule has 3 aromatic heterocycles. The monoisotopic (exact) mass is 510 g/mol. The first-order valence-electron chi connectivity index (χ1n) is 13.4. The Bertz CT molecular complexity index is 1700. The minimum atomic E-state index is -0.365. The van der Waals surface area contributed by atoms with E-state index in [0.29, 0.717) is 29.1 Å². The van der Waals surface area contributed by atoms with Crippen molar-refractivity contribution >= 4 is 16.4 Å². The molecule has 5 aromatic rings.